The molecule has 5 heterocycles. The molecular formula is C35H46F3N5S. The van der Waals surface area contributed by atoms with Gasteiger partial charge in [-0.2, -0.15) is 17.0 Å². The van der Waals surface area contributed by atoms with E-state index in [1.165, 1.54) is 12.1 Å². The SMILES string of the molecule is C=C1N[C@H](C)c2cccc(c2F)C(F)(F)CCC2CN(CCCC(C)CCN3C(=C)C(C4(C#N)CCSCC4)=CC1=C3N)C2. The molecule has 5 aliphatic heterocycles. The summed E-state index contributed by atoms with van der Waals surface area (Å²) < 4.78 is 46.5. The van der Waals surface area contributed by atoms with Gasteiger partial charge in [0.2, 0.25) is 0 Å². The van der Waals surface area contributed by atoms with Crippen molar-refractivity contribution in [2.75, 3.05) is 37.7 Å². The topological polar surface area (TPSA) is 68.3 Å². The summed E-state index contributed by atoms with van der Waals surface area (Å²) in [5.74, 6) is -1.23. The second kappa shape index (κ2) is 13.3. The monoisotopic (exact) mass is 625 g/mol. The minimum Gasteiger partial charge on any atom is -0.385 e. The van der Waals surface area contributed by atoms with Crippen LogP contribution in [0.15, 0.2) is 65.8 Å². The lowest BCUT2D eigenvalue weighted by atomic mass is 9.73. The molecule has 9 heteroatoms. The van der Waals surface area contributed by atoms with Crippen molar-refractivity contribution in [2.24, 2.45) is 23.0 Å². The highest BCUT2D eigenvalue weighted by Crippen LogP contribution is 2.47. The van der Waals surface area contributed by atoms with Crippen LogP contribution in [0.4, 0.5) is 13.2 Å². The summed E-state index contributed by atoms with van der Waals surface area (Å²) in [6, 6.07) is 6.21. The van der Waals surface area contributed by atoms with Crippen molar-refractivity contribution in [1.82, 2.24) is 15.1 Å². The maximum Gasteiger partial charge on any atom is 0.276 e. The summed E-state index contributed by atoms with van der Waals surface area (Å²) >= 11 is 1.85. The number of thioether (sulfide) groups is 1. The number of rotatable bonds is 1. The summed E-state index contributed by atoms with van der Waals surface area (Å²) in [4.78, 5) is 4.35. The lowest BCUT2D eigenvalue weighted by molar-refractivity contribution is -0.0321. The predicted octanol–water partition coefficient (Wildman–Crippen LogP) is 7.58. The third kappa shape index (κ3) is 6.57. The number of benzene rings is 1. The molecular weight excluding hydrogens is 579 g/mol. The average molecular weight is 626 g/mol. The average Bonchev–Trinajstić information content (AvgIpc) is 2.97. The molecule has 0 spiro atoms. The summed E-state index contributed by atoms with van der Waals surface area (Å²) in [6.07, 6.45) is 6.37. The van der Waals surface area contributed by atoms with E-state index in [0.717, 1.165) is 74.5 Å². The molecule has 0 radical (unpaired) electrons. The van der Waals surface area contributed by atoms with Gasteiger partial charge in [-0.25, -0.2) is 13.2 Å². The minimum atomic E-state index is -3.26. The minimum absolute atomic E-state index is 0.149. The van der Waals surface area contributed by atoms with Gasteiger partial charge in [-0.1, -0.05) is 38.3 Å². The van der Waals surface area contributed by atoms with Crippen LogP contribution in [0, 0.1) is 34.4 Å². The molecule has 0 saturated carbocycles. The Morgan fingerprint density at radius 1 is 1.07 bits per heavy atom. The normalized spacial score (nSPS) is 29.8. The molecule has 238 valence electrons. The Labute approximate surface area is 265 Å². The standard InChI is InChI=1S/C35H46F3N5S/c1-23-7-6-15-42-20-27(21-42)10-12-35(37,38)30-9-5-8-28(32(30)36)24(2)41-25(3)29-19-31(26(4)43(16-11-23)33(29)40)34(22-39)13-17-44-18-14-34/h5,8-9,19,23-24,27,41H,3-4,6-7,10-18,20-21,40H2,1-2H3/t23?,24-/m1/s1. The lowest BCUT2D eigenvalue weighted by Crippen LogP contribution is -2.47. The fourth-order valence-corrected chi connectivity index (χ4v) is 8.30. The fraction of sp³-hybridized carbons (Fsp3) is 0.571. The Morgan fingerprint density at radius 2 is 1.80 bits per heavy atom. The van der Waals surface area contributed by atoms with Crippen LogP contribution < -0.4 is 11.1 Å². The van der Waals surface area contributed by atoms with Crippen molar-refractivity contribution in [3.8, 4) is 6.07 Å². The molecule has 0 aromatic heterocycles. The largest absolute Gasteiger partial charge is 0.385 e. The second-order valence-corrected chi connectivity index (χ2v) is 14.4. The first-order valence-corrected chi connectivity index (χ1v) is 17.1. The Kier molecular flexibility index (Phi) is 9.81. The van der Waals surface area contributed by atoms with E-state index in [4.69, 9.17) is 5.73 Å². The number of halogens is 3. The highest BCUT2D eigenvalue weighted by molar-refractivity contribution is 7.99. The number of nitrogens with two attached hydrogens (primary N) is 1. The molecule has 44 heavy (non-hydrogen) atoms. The summed E-state index contributed by atoms with van der Waals surface area (Å²) in [7, 11) is 0. The van der Waals surface area contributed by atoms with Gasteiger partial charge in [0.05, 0.1) is 23.1 Å². The first-order valence-electron chi connectivity index (χ1n) is 16.0. The first-order chi connectivity index (χ1) is 21.0. The number of nitrogens with one attached hydrogen (secondary N) is 1. The highest BCUT2D eigenvalue weighted by atomic mass is 32.2. The highest BCUT2D eigenvalue weighted by Gasteiger charge is 2.42. The first kappa shape index (κ1) is 32.6. The summed E-state index contributed by atoms with van der Waals surface area (Å²) in [6.45, 7) is 16.0. The number of alkyl halides is 2. The number of nitrogens with zero attached hydrogens (tertiary/aromatic N) is 3. The van der Waals surface area contributed by atoms with Gasteiger partial charge in [0, 0.05) is 48.6 Å². The quantitative estimate of drug-likeness (QED) is 0.336. The van der Waals surface area contributed by atoms with Gasteiger partial charge < -0.3 is 20.9 Å². The van der Waals surface area contributed by atoms with Crippen LogP contribution in [0.25, 0.3) is 0 Å². The molecule has 5 aliphatic rings. The fourth-order valence-electron chi connectivity index (χ4n) is 7.11. The molecule has 6 rings (SSSR count). The third-order valence-corrected chi connectivity index (χ3v) is 11.1. The van der Waals surface area contributed by atoms with Crippen molar-refractivity contribution in [2.45, 2.75) is 70.8 Å². The van der Waals surface area contributed by atoms with Crippen LogP contribution in [-0.2, 0) is 5.92 Å². The number of fused-ring (bicyclic) bond motifs is 9. The number of allylic oxidation sites excluding steroid dienone is 2. The van der Waals surface area contributed by atoms with E-state index in [9.17, 15) is 5.26 Å². The second-order valence-electron chi connectivity index (χ2n) is 13.2. The molecule has 1 aromatic rings. The van der Waals surface area contributed by atoms with Gasteiger partial charge in [-0.3, -0.25) is 0 Å². The van der Waals surface area contributed by atoms with E-state index < -0.39 is 28.8 Å². The zero-order chi connectivity index (χ0) is 31.6. The van der Waals surface area contributed by atoms with E-state index in [1.54, 1.807) is 13.0 Å². The van der Waals surface area contributed by atoms with Gasteiger partial charge in [-0.15, -0.1) is 0 Å². The van der Waals surface area contributed by atoms with Crippen LogP contribution in [0.1, 0.15) is 76.0 Å². The molecule has 2 atom stereocenters. The van der Waals surface area contributed by atoms with Gasteiger partial charge in [0.1, 0.15) is 11.6 Å². The van der Waals surface area contributed by atoms with E-state index in [1.807, 2.05) is 22.7 Å². The number of nitriles is 1. The van der Waals surface area contributed by atoms with Gasteiger partial charge in [-0.05, 0) is 87.0 Å². The number of hydrogen-bond donors (Lipinski definition) is 2. The Balaban J connectivity index is 1.50. The summed E-state index contributed by atoms with van der Waals surface area (Å²) in [5, 5.41) is 13.7. The van der Waals surface area contributed by atoms with Crippen molar-refractivity contribution >= 4 is 11.8 Å². The van der Waals surface area contributed by atoms with Crippen molar-refractivity contribution in [1.29, 1.82) is 5.26 Å². The Morgan fingerprint density at radius 3 is 2.50 bits per heavy atom. The van der Waals surface area contributed by atoms with Crippen molar-refractivity contribution in [3.63, 3.8) is 0 Å². The van der Waals surface area contributed by atoms with Crippen LogP contribution in [-0.4, -0.2) is 47.5 Å². The Bertz CT molecular complexity index is 1370. The lowest BCUT2D eigenvalue weighted by Gasteiger charge is -2.41. The zero-order valence-electron chi connectivity index (χ0n) is 26.1. The third-order valence-electron chi connectivity index (χ3n) is 10.1. The van der Waals surface area contributed by atoms with Gasteiger partial charge in [0.25, 0.3) is 5.92 Å². The molecule has 1 unspecified atom stereocenters. The smallest absolute Gasteiger partial charge is 0.276 e. The predicted molar refractivity (Wildman–Crippen MR) is 173 cm³/mol. The molecule has 1 aromatic carbocycles. The van der Waals surface area contributed by atoms with Crippen molar-refractivity contribution in [3.05, 3.63) is 82.7 Å². The van der Waals surface area contributed by atoms with Gasteiger partial charge >= 0.3 is 0 Å². The van der Waals surface area contributed by atoms with E-state index in [2.05, 4.69) is 36.4 Å². The van der Waals surface area contributed by atoms with Gasteiger partial charge in [0.15, 0.2) is 0 Å². The van der Waals surface area contributed by atoms with Crippen LogP contribution in [0.5, 0.6) is 0 Å². The van der Waals surface area contributed by atoms with E-state index >= 15 is 13.2 Å². The molecule has 2 fully saturated rings. The molecule has 0 amide bonds. The molecule has 5 nitrogen and oxygen atoms in total. The molecule has 6 bridgehead atoms. The van der Waals surface area contributed by atoms with Crippen LogP contribution >= 0.6 is 11.8 Å². The Hall–Kier alpha value is -2.83. The maximum atomic E-state index is 15.8. The molecule has 0 aliphatic carbocycles. The van der Waals surface area contributed by atoms with E-state index in [0.29, 0.717) is 36.0 Å². The zero-order valence-corrected chi connectivity index (χ0v) is 26.9. The molecule has 3 N–H and O–H groups in total. The summed E-state index contributed by atoms with van der Waals surface area (Å²) in [5.41, 5.74) is 8.41. The molecule has 2 saturated heterocycles. The van der Waals surface area contributed by atoms with Crippen LogP contribution in [0.2, 0.25) is 0 Å². The maximum absolute atomic E-state index is 15.8. The van der Waals surface area contributed by atoms with Crippen LogP contribution in [0.3, 0.4) is 0 Å². The number of hydrogen-bond acceptors (Lipinski definition) is 6. The van der Waals surface area contributed by atoms with E-state index in [-0.39, 0.29) is 17.9 Å². The van der Waals surface area contributed by atoms with Crippen molar-refractivity contribution < 1.29 is 13.2 Å².